The Balaban J connectivity index is 1.40. The molecule has 1 aliphatic heterocycles. The van der Waals surface area contributed by atoms with Crippen molar-refractivity contribution >= 4 is 38.5 Å². The van der Waals surface area contributed by atoms with Crippen LogP contribution in [0.3, 0.4) is 0 Å². The van der Waals surface area contributed by atoms with Crippen molar-refractivity contribution in [1.82, 2.24) is 19.7 Å². The minimum atomic E-state index is 0.822. The fourth-order valence-corrected chi connectivity index (χ4v) is 4.25. The van der Waals surface area contributed by atoms with E-state index in [1.54, 1.807) is 13.4 Å². The number of methoxy groups -OCH3 is 1. The number of halogens is 1. The average Bonchev–Trinajstić information content (AvgIpc) is 3.24. The highest BCUT2D eigenvalue weighted by Crippen LogP contribution is 2.33. The molecule has 1 saturated heterocycles. The van der Waals surface area contributed by atoms with E-state index in [-0.39, 0.29) is 0 Å². The van der Waals surface area contributed by atoms with Gasteiger partial charge in [0.2, 0.25) is 0 Å². The van der Waals surface area contributed by atoms with Gasteiger partial charge in [0.05, 0.1) is 30.1 Å². The van der Waals surface area contributed by atoms with Crippen LogP contribution >= 0.6 is 15.9 Å². The van der Waals surface area contributed by atoms with Crippen molar-refractivity contribution in [2.75, 3.05) is 43.1 Å². The summed E-state index contributed by atoms with van der Waals surface area (Å²) in [7, 11) is 1.71. The Kier molecular flexibility index (Phi) is 5.00. The van der Waals surface area contributed by atoms with Crippen molar-refractivity contribution in [2.24, 2.45) is 0 Å². The molecule has 4 aromatic rings. The number of ether oxygens (including phenoxy) is 1. The highest BCUT2D eigenvalue weighted by molar-refractivity contribution is 9.10. The van der Waals surface area contributed by atoms with Crippen LogP contribution in [-0.4, -0.2) is 53.0 Å². The standard InChI is InChI=1S/C22H21BrN6O/c1-30-20-13-16(23)7-8-19(20)27-9-11-28(12-10-27)21-18-14-26-29(22(18)25-15-24-21)17-5-3-2-4-6-17/h2-8,13-15H,9-12H2,1H3. The SMILES string of the molecule is COc1cc(Br)ccc1N1CCN(c2ncnc3c2cnn3-c2ccccc2)CC1. The summed E-state index contributed by atoms with van der Waals surface area (Å²) < 4.78 is 8.46. The van der Waals surface area contributed by atoms with Gasteiger partial charge in [-0.25, -0.2) is 14.6 Å². The first-order chi connectivity index (χ1) is 14.7. The molecule has 0 saturated carbocycles. The van der Waals surface area contributed by atoms with Gasteiger partial charge < -0.3 is 14.5 Å². The minimum absolute atomic E-state index is 0.822. The first-order valence-corrected chi connectivity index (χ1v) is 10.6. The molecule has 2 aromatic carbocycles. The second-order valence-corrected chi connectivity index (χ2v) is 8.03. The molecule has 0 bridgehead atoms. The lowest BCUT2D eigenvalue weighted by atomic mass is 10.2. The topological polar surface area (TPSA) is 59.3 Å². The fraction of sp³-hybridized carbons (Fsp3) is 0.227. The molecule has 8 heteroatoms. The van der Waals surface area contributed by atoms with Crippen molar-refractivity contribution in [1.29, 1.82) is 0 Å². The van der Waals surface area contributed by atoms with Crippen LogP contribution in [0.1, 0.15) is 0 Å². The Morgan fingerprint density at radius 1 is 0.933 bits per heavy atom. The van der Waals surface area contributed by atoms with E-state index in [9.17, 15) is 0 Å². The second-order valence-electron chi connectivity index (χ2n) is 7.12. The number of fused-ring (bicyclic) bond motifs is 1. The van der Waals surface area contributed by atoms with Crippen molar-refractivity contribution < 1.29 is 4.74 Å². The van der Waals surface area contributed by atoms with Crippen molar-refractivity contribution in [3.05, 3.63) is 65.5 Å². The van der Waals surface area contributed by atoms with Crippen LogP contribution in [0.15, 0.2) is 65.5 Å². The van der Waals surface area contributed by atoms with Crippen LogP contribution in [0.25, 0.3) is 16.7 Å². The quantitative estimate of drug-likeness (QED) is 0.456. The van der Waals surface area contributed by atoms with Crippen LogP contribution in [0.4, 0.5) is 11.5 Å². The number of hydrogen-bond acceptors (Lipinski definition) is 6. The number of anilines is 2. The summed E-state index contributed by atoms with van der Waals surface area (Å²) in [5, 5.41) is 5.54. The number of para-hydroxylation sites is 1. The van der Waals surface area contributed by atoms with E-state index in [0.29, 0.717) is 0 Å². The third kappa shape index (κ3) is 3.37. The first-order valence-electron chi connectivity index (χ1n) is 9.82. The van der Waals surface area contributed by atoms with E-state index < -0.39 is 0 Å². The molecule has 30 heavy (non-hydrogen) atoms. The largest absolute Gasteiger partial charge is 0.495 e. The summed E-state index contributed by atoms with van der Waals surface area (Å²) in [6.07, 6.45) is 3.49. The van der Waals surface area contributed by atoms with E-state index in [4.69, 9.17) is 4.74 Å². The molecule has 1 aliphatic rings. The Morgan fingerprint density at radius 3 is 2.47 bits per heavy atom. The number of benzene rings is 2. The summed E-state index contributed by atoms with van der Waals surface area (Å²) in [6, 6.07) is 16.2. The zero-order valence-electron chi connectivity index (χ0n) is 16.6. The molecule has 0 radical (unpaired) electrons. The van der Waals surface area contributed by atoms with Gasteiger partial charge in [-0.1, -0.05) is 34.1 Å². The number of aromatic nitrogens is 4. The second kappa shape index (κ2) is 7.95. The lowest BCUT2D eigenvalue weighted by Crippen LogP contribution is -2.47. The zero-order valence-corrected chi connectivity index (χ0v) is 18.2. The van der Waals surface area contributed by atoms with Crippen LogP contribution in [0.5, 0.6) is 5.75 Å². The van der Waals surface area contributed by atoms with Crippen molar-refractivity contribution in [3.8, 4) is 11.4 Å². The molecule has 3 heterocycles. The van der Waals surface area contributed by atoms with Gasteiger partial charge in [0.1, 0.15) is 17.9 Å². The van der Waals surface area contributed by atoms with E-state index in [1.807, 2.05) is 47.3 Å². The zero-order chi connectivity index (χ0) is 20.5. The summed E-state index contributed by atoms with van der Waals surface area (Å²) >= 11 is 3.51. The molecule has 5 rings (SSSR count). The van der Waals surface area contributed by atoms with Gasteiger partial charge in [0.25, 0.3) is 0 Å². The number of rotatable bonds is 4. The van der Waals surface area contributed by atoms with Gasteiger partial charge in [-0.3, -0.25) is 0 Å². The molecule has 7 nitrogen and oxygen atoms in total. The lowest BCUT2D eigenvalue weighted by molar-refractivity contribution is 0.413. The van der Waals surface area contributed by atoms with E-state index >= 15 is 0 Å². The van der Waals surface area contributed by atoms with Gasteiger partial charge in [-0.15, -0.1) is 0 Å². The summed E-state index contributed by atoms with van der Waals surface area (Å²) in [5.41, 5.74) is 2.93. The summed E-state index contributed by atoms with van der Waals surface area (Å²) in [4.78, 5) is 13.8. The third-order valence-corrected chi connectivity index (χ3v) is 5.90. The number of piperazine rings is 1. The molecular formula is C22H21BrN6O. The van der Waals surface area contributed by atoms with Crippen molar-refractivity contribution in [3.63, 3.8) is 0 Å². The smallest absolute Gasteiger partial charge is 0.168 e. The van der Waals surface area contributed by atoms with Gasteiger partial charge >= 0.3 is 0 Å². The first kappa shape index (κ1) is 18.9. The van der Waals surface area contributed by atoms with Crippen molar-refractivity contribution in [2.45, 2.75) is 0 Å². The Morgan fingerprint density at radius 2 is 1.70 bits per heavy atom. The molecular weight excluding hydrogens is 444 g/mol. The van der Waals surface area contributed by atoms with E-state index in [2.05, 4.69) is 52.9 Å². The highest BCUT2D eigenvalue weighted by atomic mass is 79.9. The van der Waals surface area contributed by atoms with Gasteiger partial charge in [0.15, 0.2) is 5.65 Å². The molecule has 0 amide bonds. The molecule has 0 N–H and O–H groups in total. The van der Waals surface area contributed by atoms with E-state index in [0.717, 1.165) is 64.6 Å². The maximum Gasteiger partial charge on any atom is 0.168 e. The molecule has 2 aromatic heterocycles. The molecule has 0 unspecified atom stereocenters. The average molecular weight is 465 g/mol. The maximum atomic E-state index is 5.58. The lowest BCUT2D eigenvalue weighted by Gasteiger charge is -2.37. The van der Waals surface area contributed by atoms with E-state index in [1.165, 1.54) is 0 Å². The minimum Gasteiger partial charge on any atom is -0.495 e. The van der Waals surface area contributed by atoms with Gasteiger partial charge in [0, 0.05) is 30.7 Å². The number of nitrogens with zero attached hydrogens (tertiary/aromatic N) is 6. The normalized spacial score (nSPS) is 14.3. The molecule has 152 valence electrons. The summed E-state index contributed by atoms with van der Waals surface area (Å²) in [5.74, 6) is 1.82. The molecule has 0 spiro atoms. The predicted molar refractivity (Wildman–Crippen MR) is 122 cm³/mol. The Bertz CT molecular complexity index is 1170. The fourth-order valence-electron chi connectivity index (χ4n) is 3.91. The highest BCUT2D eigenvalue weighted by Gasteiger charge is 2.23. The van der Waals surface area contributed by atoms with Crippen LogP contribution in [0.2, 0.25) is 0 Å². The third-order valence-electron chi connectivity index (χ3n) is 5.41. The van der Waals surface area contributed by atoms with Crippen LogP contribution in [0, 0.1) is 0 Å². The van der Waals surface area contributed by atoms with Crippen LogP contribution < -0.4 is 14.5 Å². The molecule has 0 aliphatic carbocycles. The molecule has 1 fully saturated rings. The molecule has 0 atom stereocenters. The Hall–Kier alpha value is -3.13. The van der Waals surface area contributed by atoms with Gasteiger partial charge in [-0.2, -0.15) is 5.10 Å². The number of hydrogen-bond donors (Lipinski definition) is 0. The monoisotopic (exact) mass is 464 g/mol. The van der Waals surface area contributed by atoms with Crippen LogP contribution in [-0.2, 0) is 0 Å². The Labute approximate surface area is 183 Å². The maximum absolute atomic E-state index is 5.58. The van der Waals surface area contributed by atoms with Gasteiger partial charge in [-0.05, 0) is 30.3 Å². The predicted octanol–water partition coefficient (Wildman–Crippen LogP) is 3.91. The summed E-state index contributed by atoms with van der Waals surface area (Å²) in [6.45, 7) is 3.50.